The Balaban J connectivity index is 1.49. The van der Waals surface area contributed by atoms with Crippen LogP contribution in [-0.4, -0.2) is 79.5 Å². The summed E-state index contributed by atoms with van der Waals surface area (Å²) in [5.41, 5.74) is 0.169. The molecule has 2 aliphatic heterocycles. The van der Waals surface area contributed by atoms with Crippen molar-refractivity contribution < 1.29 is 14.6 Å². The Labute approximate surface area is 126 Å². The highest BCUT2D eigenvalue weighted by atomic mass is 16.5. The van der Waals surface area contributed by atoms with Crippen LogP contribution in [0.1, 0.15) is 25.7 Å². The van der Waals surface area contributed by atoms with Gasteiger partial charge in [-0.1, -0.05) is 0 Å². The summed E-state index contributed by atoms with van der Waals surface area (Å²) in [5.74, 6) is 0. The number of carbonyl (C=O) groups excluding carboxylic acids is 1. The Morgan fingerprint density at radius 1 is 1.29 bits per heavy atom. The molecule has 0 aromatic rings. The number of nitrogens with one attached hydrogen (secondary N) is 1. The van der Waals surface area contributed by atoms with Gasteiger partial charge < -0.3 is 25.0 Å². The zero-order valence-electron chi connectivity index (χ0n) is 12.9. The number of likely N-dealkylation sites (tertiary alicyclic amines) is 2. The molecule has 3 fully saturated rings. The number of rotatable bonds is 5. The highest BCUT2D eigenvalue weighted by Gasteiger charge is 2.39. The minimum atomic E-state index is -0.325. The van der Waals surface area contributed by atoms with E-state index in [2.05, 4.69) is 5.32 Å². The van der Waals surface area contributed by atoms with Crippen molar-refractivity contribution in [3.8, 4) is 0 Å². The van der Waals surface area contributed by atoms with Crippen molar-refractivity contribution in [2.45, 2.75) is 37.8 Å². The van der Waals surface area contributed by atoms with Gasteiger partial charge in [-0.15, -0.1) is 0 Å². The number of aliphatic hydroxyl groups excluding tert-OH is 1. The lowest BCUT2D eigenvalue weighted by atomic mass is 9.79. The molecule has 2 saturated heterocycles. The van der Waals surface area contributed by atoms with Gasteiger partial charge in [0.1, 0.15) is 0 Å². The van der Waals surface area contributed by atoms with Gasteiger partial charge in [0.05, 0.1) is 25.8 Å². The van der Waals surface area contributed by atoms with Crippen molar-refractivity contribution >= 4 is 6.03 Å². The molecule has 1 saturated carbocycles. The quantitative estimate of drug-likeness (QED) is 0.764. The summed E-state index contributed by atoms with van der Waals surface area (Å²) in [5, 5.41) is 12.9. The summed E-state index contributed by atoms with van der Waals surface area (Å²) in [7, 11) is 1.76. The second-order valence-corrected chi connectivity index (χ2v) is 6.92. The van der Waals surface area contributed by atoms with Gasteiger partial charge >= 0.3 is 6.03 Å². The number of β-amino-alcohol motifs (C(OH)–C–C–N with tert-alkyl or cyclic N) is 1. The van der Waals surface area contributed by atoms with Crippen LogP contribution in [0.3, 0.4) is 0 Å². The normalized spacial score (nSPS) is 25.8. The fourth-order valence-electron chi connectivity index (χ4n) is 3.31. The molecule has 6 heteroatoms. The number of hydrogen-bond donors (Lipinski definition) is 2. The zero-order valence-corrected chi connectivity index (χ0v) is 12.9. The SMILES string of the molecule is COCC1(CNC2CC2)CCN(C(=O)N2CC(O)C2)CC1. The summed E-state index contributed by atoms with van der Waals surface area (Å²) < 4.78 is 5.44. The minimum Gasteiger partial charge on any atom is -0.389 e. The molecule has 0 aromatic heterocycles. The molecule has 21 heavy (non-hydrogen) atoms. The average Bonchev–Trinajstić information content (AvgIpc) is 3.27. The lowest BCUT2D eigenvalue weighted by molar-refractivity contribution is -0.00300. The molecule has 2 heterocycles. The highest BCUT2D eigenvalue weighted by Crippen LogP contribution is 2.33. The van der Waals surface area contributed by atoms with Crippen molar-refractivity contribution in [3.05, 3.63) is 0 Å². The number of piperidine rings is 1. The molecule has 0 atom stereocenters. The van der Waals surface area contributed by atoms with Crippen LogP contribution in [-0.2, 0) is 4.74 Å². The number of nitrogens with zero attached hydrogens (tertiary/aromatic N) is 2. The number of methoxy groups -OCH3 is 1. The standard InChI is InChI=1S/C15H27N3O3/c1-21-11-15(10-16-12-2-3-12)4-6-17(7-5-15)14(20)18-8-13(19)9-18/h12-13,16,19H,2-11H2,1H3. The molecule has 2 amide bonds. The van der Waals surface area contributed by atoms with Crippen LogP contribution in [0.4, 0.5) is 4.79 Å². The van der Waals surface area contributed by atoms with Crippen LogP contribution in [0.5, 0.6) is 0 Å². The fourth-order valence-corrected chi connectivity index (χ4v) is 3.31. The van der Waals surface area contributed by atoms with Crippen molar-refractivity contribution in [2.75, 3.05) is 46.4 Å². The van der Waals surface area contributed by atoms with Gasteiger partial charge in [-0.25, -0.2) is 4.79 Å². The topological polar surface area (TPSA) is 65.0 Å². The Bertz CT molecular complexity index is 372. The van der Waals surface area contributed by atoms with Crippen LogP contribution in [0.2, 0.25) is 0 Å². The molecule has 0 bridgehead atoms. The van der Waals surface area contributed by atoms with Crippen molar-refractivity contribution in [2.24, 2.45) is 5.41 Å². The molecule has 6 nitrogen and oxygen atoms in total. The summed E-state index contributed by atoms with van der Waals surface area (Å²) in [6, 6.07) is 0.794. The average molecular weight is 297 g/mol. The van der Waals surface area contributed by atoms with E-state index in [1.54, 1.807) is 12.0 Å². The second kappa shape index (κ2) is 6.10. The lowest BCUT2D eigenvalue weighted by Gasteiger charge is -2.45. The molecule has 120 valence electrons. The van der Waals surface area contributed by atoms with E-state index in [9.17, 15) is 9.90 Å². The lowest BCUT2D eigenvalue weighted by Crippen LogP contribution is -2.59. The number of urea groups is 1. The monoisotopic (exact) mass is 297 g/mol. The van der Waals surface area contributed by atoms with Crippen LogP contribution >= 0.6 is 0 Å². The predicted molar refractivity (Wildman–Crippen MR) is 79.1 cm³/mol. The summed E-state index contributed by atoms with van der Waals surface area (Å²) in [6.07, 6.45) is 4.25. The molecule has 0 spiro atoms. The Kier molecular flexibility index (Phi) is 4.38. The van der Waals surface area contributed by atoms with Crippen molar-refractivity contribution in [1.82, 2.24) is 15.1 Å². The smallest absolute Gasteiger partial charge is 0.320 e. The van der Waals surface area contributed by atoms with Crippen LogP contribution < -0.4 is 5.32 Å². The first-order valence-corrected chi connectivity index (χ1v) is 8.06. The maximum absolute atomic E-state index is 12.3. The largest absolute Gasteiger partial charge is 0.389 e. The Morgan fingerprint density at radius 3 is 2.48 bits per heavy atom. The van der Waals surface area contributed by atoms with Gasteiger partial charge in [0, 0.05) is 38.2 Å². The molecule has 1 aliphatic carbocycles. The van der Waals surface area contributed by atoms with Crippen LogP contribution in [0.25, 0.3) is 0 Å². The van der Waals surface area contributed by atoms with Crippen molar-refractivity contribution in [3.63, 3.8) is 0 Å². The van der Waals surface area contributed by atoms with Gasteiger partial charge in [-0.05, 0) is 25.7 Å². The van der Waals surface area contributed by atoms with E-state index in [4.69, 9.17) is 4.74 Å². The molecular weight excluding hydrogens is 270 g/mol. The maximum Gasteiger partial charge on any atom is 0.320 e. The van der Waals surface area contributed by atoms with Gasteiger partial charge in [0.15, 0.2) is 0 Å². The summed E-state index contributed by atoms with van der Waals surface area (Å²) in [6.45, 7) is 4.32. The number of aliphatic hydroxyl groups is 1. The number of hydrogen-bond acceptors (Lipinski definition) is 4. The van der Waals surface area contributed by atoms with E-state index >= 15 is 0 Å². The third-order valence-corrected chi connectivity index (χ3v) is 5.02. The van der Waals surface area contributed by atoms with E-state index in [1.165, 1.54) is 12.8 Å². The Hall–Kier alpha value is -0.850. The number of carbonyl (C=O) groups is 1. The predicted octanol–water partition coefficient (Wildman–Crippen LogP) is 0.264. The van der Waals surface area contributed by atoms with Crippen LogP contribution in [0.15, 0.2) is 0 Å². The molecule has 3 aliphatic rings. The highest BCUT2D eigenvalue weighted by molar-refractivity contribution is 5.75. The van der Waals surface area contributed by atoms with E-state index in [1.807, 2.05) is 4.90 Å². The molecule has 0 unspecified atom stereocenters. The van der Waals surface area contributed by atoms with E-state index in [-0.39, 0.29) is 17.6 Å². The Morgan fingerprint density at radius 2 is 1.95 bits per heavy atom. The van der Waals surface area contributed by atoms with Crippen LogP contribution in [0, 0.1) is 5.41 Å². The van der Waals surface area contributed by atoms with E-state index in [0.29, 0.717) is 19.1 Å². The third-order valence-electron chi connectivity index (χ3n) is 5.02. The molecule has 0 aromatic carbocycles. The van der Waals surface area contributed by atoms with E-state index < -0.39 is 0 Å². The number of ether oxygens (including phenoxy) is 1. The first-order chi connectivity index (χ1) is 10.1. The molecule has 0 radical (unpaired) electrons. The zero-order chi connectivity index (χ0) is 14.9. The second-order valence-electron chi connectivity index (χ2n) is 6.92. The fraction of sp³-hybridized carbons (Fsp3) is 0.933. The first kappa shape index (κ1) is 15.1. The first-order valence-electron chi connectivity index (χ1n) is 8.06. The van der Waals surface area contributed by atoms with Gasteiger partial charge in [0.2, 0.25) is 0 Å². The summed E-state index contributed by atoms with van der Waals surface area (Å²) >= 11 is 0. The van der Waals surface area contributed by atoms with E-state index in [0.717, 1.165) is 39.1 Å². The van der Waals surface area contributed by atoms with Gasteiger partial charge in [0.25, 0.3) is 0 Å². The van der Waals surface area contributed by atoms with Gasteiger partial charge in [-0.3, -0.25) is 0 Å². The molecule has 2 N–H and O–H groups in total. The molecular formula is C15H27N3O3. The third kappa shape index (κ3) is 3.49. The molecule has 3 rings (SSSR count). The summed E-state index contributed by atoms with van der Waals surface area (Å²) in [4.78, 5) is 15.9. The number of amides is 2. The van der Waals surface area contributed by atoms with Gasteiger partial charge in [-0.2, -0.15) is 0 Å². The minimum absolute atomic E-state index is 0.0847. The maximum atomic E-state index is 12.3. The van der Waals surface area contributed by atoms with Crippen molar-refractivity contribution in [1.29, 1.82) is 0 Å².